The highest BCUT2D eigenvalue weighted by Gasteiger charge is 2.08. The normalized spacial score (nSPS) is 12.1. The number of ether oxygens (including phenoxy) is 1. The molecule has 1 atom stereocenters. The third kappa shape index (κ3) is 3.36. The molecule has 0 spiro atoms. The highest BCUT2D eigenvalue weighted by atomic mass is 16.5. The zero-order valence-corrected chi connectivity index (χ0v) is 9.36. The maximum absolute atomic E-state index is 5.50. The summed E-state index contributed by atoms with van der Waals surface area (Å²) in [5.41, 5.74) is 5.22. The first kappa shape index (κ1) is 11.7. The van der Waals surface area contributed by atoms with E-state index in [1.54, 1.807) is 0 Å². The molecule has 0 aromatic heterocycles. The van der Waals surface area contributed by atoms with E-state index in [4.69, 9.17) is 4.74 Å². The van der Waals surface area contributed by atoms with Gasteiger partial charge in [-0.3, -0.25) is 5.43 Å². The second-order valence-electron chi connectivity index (χ2n) is 3.22. The van der Waals surface area contributed by atoms with Crippen LogP contribution in [0.1, 0.15) is 31.2 Å². The predicted octanol–water partition coefficient (Wildman–Crippen LogP) is 2.49. The standard InChI is InChI=1S/C12H18N2O/c1-4-10-6-8-11(9-7-10)12(14-13-3)15-5-2/h6-9,12,14H,3-5H2,1-2H3. The molecule has 0 heterocycles. The van der Waals surface area contributed by atoms with Gasteiger partial charge in [0.25, 0.3) is 0 Å². The molecule has 0 radical (unpaired) electrons. The molecule has 0 fully saturated rings. The van der Waals surface area contributed by atoms with Crippen LogP contribution < -0.4 is 5.43 Å². The number of benzene rings is 1. The largest absolute Gasteiger partial charge is 0.353 e. The number of hydrogen-bond donors (Lipinski definition) is 1. The van der Waals surface area contributed by atoms with Crippen LogP contribution >= 0.6 is 0 Å². The van der Waals surface area contributed by atoms with Crippen LogP contribution in [0.4, 0.5) is 0 Å². The fourth-order valence-electron chi connectivity index (χ4n) is 1.39. The second kappa shape index (κ2) is 6.19. The zero-order chi connectivity index (χ0) is 11.1. The maximum Gasteiger partial charge on any atom is 0.168 e. The smallest absolute Gasteiger partial charge is 0.168 e. The summed E-state index contributed by atoms with van der Waals surface area (Å²) in [7, 11) is 0. The number of rotatable bonds is 6. The molecule has 0 saturated carbocycles. The maximum atomic E-state index is 5.50. The molecule has 0 amide bonds. The van der Waals surface area contributed by atoms with E-state index in [-0.39, 0.29) is 6.23 Å². The Morgan fingerprint density at radius 1 is 1.33 bits per heavy atom. The van der Waals surface area contributed by atoms with Crippen molar-refractivity contribution < 1.29 is 4.74 Å². The fraction of sp³-hybridized carbons (Fsp3) is 0.417. The minimum Gasteiger partial charge on any atom is -0.353 e. The minimum absolute atomic E-state index is 0.196. The van der Waals surface area contributed by atoms with E-state index in [0.717, 1.165) is 12.0 Å². The molecule has 3 heteroatoms. The third-order valence-corrected chi connectivity index (χ3v) is 2.23. The van der Waals surface area contributed by atoms with Crippen LogP contribution in [0.2, 0.25) is 0 Å². The van der Waals surface area contributed by atoms with E-state index >= 15 is 0 Å². The van der Waals surface area contributed by atoms with Gasteiger partial charge in [-0.25, -0.2) is 0 Å². The quantitative estimate of drug-likeness (QED) is 0.441. The lowest BCUT2D eigenvalue weighted by molar-refractivity contribution is 0.0383. The van der Waals surface area contributed by atoms with Gasteiger partial charge in [0.1, 0.15) is 0 Å². The van der Waals surface area contributed by atoms with Crippen molar-refractivity contribution in [3.05, 3.63) is 35.4 Å². The van der Waals surface area contributed by atoms with Gasteiger partial charge in [-0.1, -0.05) is 31.2 Å². The Bertz CT molecular complexity index is 295. The number of aryl methyl sites for hydroxylation is 1. The van der Waals surface area contributed by atoms with Gasteiger partial charge in [-0.15, -0.1) is 0 Å². The van der Waals surface area contributed by atoms with Crippen molar-refractivity contribution in [3.63, 3.8) is 0 Å². The van der Waals surface area contributed by atoms with Gasteiger partial charge in [-0.05, 0) is 18.9 Å². The van der Waals surface area contributed by atoms with Gasteiger partial charge in [-0.2, -0.15) is 5.10 Å². The lowest BCUT2D eigenvalue weighted by atomic mass is 10.1. The third-order valence-electron chi connectivity index (χ3n) is 2.23. The van der Waals surface area contributed by atoms with Gasteiger partial charge in [0.2, 0.25) is 0 Å². The lowest BCUT2D eigenvalue weighted by Gasteiger charge is -2.16. The summed E-state index contributed by atoms with van der Waals surface area (Å²) in [5.74, 6) is 0. The Morgan fingerprint density at radius 3 is 2.47 bits per heavy atom. The summed E-state index contributed by atoms with van der Waals surface area (Å²) in [6.45, 7) is 8.14. The van der Waals surface area contributed by atoms with E-state index in [0.29, 0.717) is 6.61 Å². The summed E-state index contributed by atoms with van der Waals surface area (Å²) in [4.78, 5) is 0. The van der Waals surface area contributed by atoms with Crippen molar-refractivity contribution in [3.8, 4) is 0 Å². The molecule has 1 aromatic rings. The zero-order valence-electron chi connectivity index (χ0n) is 9.36. The molecular formula is C12H18N2O. The van der Waals surface area contributed by atoms with E-state index < -0.39 is 0 Å². The molecule has 0 saturated heterocycles. The summed E-state index contributed by atoms with van der Waals surface area (Å²) in [6.07, 6.45) is 0.852. The van der Waals surface area contributed by atoms with Crippen LogP contribution in [0.5, 0.6) is 0 Å². The Labute approximate surface area is 91.1 Å². The van der Waals surface area contributed by atoms with Crippen molar-refractivity contribution >= 4 is 6.72 Å². The molecule has 0 aliphatic rings. The van der Waals surface area contributed by atoms with E-state index in [1.165, 1.54) is 5.56 Å². The first-order valence-electron chi connectivity index (χ1n) is 5.23. The van der Waals surface area contributed by atoms with Gasteiger partial charge < -0.3 is 4.74 Å². The van der Waals surface area contributed by atoms with E-state index in [9.17, 15) is 0 Å². The van der Waals surface area contributed by atoms with Crippen LogP contribution in [0.25, 0.3) is 0 Å². The highest BCUT2D eigenvalue weighted by molar-refractivity contribution is 5.25. The molecule has 0 aliphatic carbocycles. The van der Waals surface area contributed by atoms with Crippen LogP contribution in [0, 0.1) is 0 Å². The molecule has 1 N–H and O–H groups in total. The van der Waals surface area contributed by atoms with E-state index in [2.05, 4.69) is 48.4 Å². The SMILES string of the molecule is C=NNC(OCC)c1ccc(CC)cc1. The molecule has 1 aromatic carbocycles. The Kier molecular flexibility index (Phi) is 4.84. The summed E-state index contributed by atoms with van der Waals surface area (Å²) in [5, 5.41) is 3.65. The Balaban J connectivity index is 2.76. The molecule has 1 unspecified atom stereocenters. The number of nitrogens with one attached hydrogen (secondary N) is 1. The van der Waals surface area contributed by atoms with E-state index in [1.807, 2.05) is 6.92 Å². The molecular weight excluding hydrogens is 188 g/mol. The van der Waals surface area contributed by atoms with Crippen molar-refractivity contribution in [2.75, 3.05) is 6.61 Å². The van der Waals surface area contributed by atoms with Gasteiger partial charge in [0.05, 0.1) is 0 Å². The van der Waals surface area contributed by atoms with Crippen LogP contribution in [-0.2, 0) is 11.2 Å². The first-order valence-corrected chi connectivity index (χ1v) is 5.23. The number of hydrazone groups is 1. The molecule has 0 aliphatic heterocycles. The minimum atomic E-state index is -0.196. The molecule has 3 nitrogen and oxygen atoms in total. The predicted molar refractivity (Wildman–Crippen MR) is 62.9 cm³/mol. The van der Waals surface area contributed by atoms with Crippen LogP contribution in [0.3, 0.4) is 0 Å². The van der Waals surface area contributed by atoms with Crippen molar-refractivity contribution in [1.82, 2.24) is 5.43 Å². The average Bonchev–Trinajstić information content (AvgIpc) is 2.29. The first-order chi connectivity index (χ1) is 7.31. The van der Waals surface area contributed by atoms with Gasteiger partial charge in [0.15, 0.2) is 6.23 Å². The Morgan fingerprint density at radius 2 is 2.00 bits per heavy atom. The Hall–Kier alpha value is -1.35. The molecule has 15 heavy (non-hydrogen) atoms. The van der Waals surface area contributed by atoms with Crippen LogP contribution in [0.15, 0.2) is 29.4 Å². The monoisotopic (exact) mass is 206 g/mol. The topological polar surface area (TPSA) is 33.6 Å². The summed E-state index contributed by atoms with van der Waals surface area (Å²) in [6, 6.07) is 8.31. The lowest BCUT2D eigenvalue weighted by Crippen LogP contribution is -2.18. The number of hydrogen-bond acceptors (Lipinski definition) is 3. The van der Waals surface area contributed by atoms with Crippen molar-refractivity contribution in [1.29, 1.82) is 0 Å². The second-order valence-corrected chi connectivity index (χ2v) is 3.22. The van der Waals surface area contributed by atoms with Gasteiger partial charge in [0, 0.05) is 18.9 Å². The molecule has 0 bridgehead atoms. The summed E-state index contributed by atoms with van der Waals surface area (Å²) < 4.78 is 5.50. The number of nitrogens with zero attached hydrogens (tertiary/aromatic N) is 1. The average molecular weight is 206 g/mol. The van der Waals surface area contributed by atoms with Crippen molar-refractivity contribution in [2.24, 2.45) is 5.10 Å². The van der Waals surface area contributed by atoms with Crippen molar-refractivity contribution in [2.45, 2.75) is 26.5 Å². The summed E-state index contributed by atoms with van der Waals surface area (Å²) >= 11 is 0. The van der Waals surface area contributed by atoms with Gasteiger partial charge >= 0.3 is 0 Å². The highest BCUT2D eigenvalue weighted by Crippen LogP contribution is 2.15. The molecule has 1 rings (SSSR count). The van der Waals surface area contributed by atoms with Crippen LogP contribution in [-0.4, -0.2) is 13.3 Å². The molecule has 82 valence electrons. The fourth-order valence-corrected chi connectivity index (χ4v) is 1.39.